The molecule has 0 aliphatic carbocycles. The Hall–Kier alpha value is -0.0400. The Morgan fingerprint density at radius 1 is 1.00 bits per heavy atom. The van der Waals surface area contributed by atoms with E-state index in [0.29, 0.717) is 5.92 Å². The van der Waals surface area contributed by atoms with E-state index in [2.05, 4.69) is 41.5 Å². The van der Waals surface area contributed by atoms with Gasteiger partial charge >= 0.3 is 0 Å². The lowest BCUT2D eigenvalue weighted by Crippen LogP contribution is -2.20. The third-order valence-corrected chi connectivity index (χ3v) is 2.40. The Labute approximate surface area is 89.9 Å². The number of aliphatic hydroxyl groups is 1. The summed E-state index contributed by atoms with van der Waals surface area (Å²) in [7, 11) is 0. The number of hydrogen-bond donors (Lipinski definition) is 1. The zero-order chi connectivity index (χ0) is 11.4. The smallest absolute Gasteiger partial charge is 0.0547 e. The molecule has 1 N–H and O–H groups in total. The summed E-state index contributed by atoms with van der Waals surface area (Å²) in [6.07, 6.45) is 2.97. The molecule has 2 atom stereocenters. The Morgan fingerprint density at radius 2 is 1.50 bits per heavy atom. The van der Waals surface area contributed by atoms with E-state index in [1.54, 1.807) is 0 Å². The second-order valence-corrected chi connectivity index (χ2v) is 6.39. The molecular formula is C13H28O. The van der Waals surface area contributed by atoms with Crippen LogP contribution in [0.5, 0.6) is 0 Å². The SMILES string of the molecule is CC(C)CC(C)CC(O)CC(C)(C)C. The van der Waals surface area contributed by atoms with Crippen LogP contribution >= 0.6 is 0 Å². The molecule has 86 valence electrons. The fourth-order valence-corrected chi connectivity index (χ4v) is 2.16. The van der Waals surface area contributed by atoms with E-state index in [4.69, 9.17) is 0 Å². The minimum Gasteiger partial charge on any atom is -0.393 e. The second-order valence-electron chi connectivity index (χ2n) is 6.39. The lowest BCUT2D eigenvalue weighted by molar-refractivity contribution is 0.0951. The van der Waals surface area contributed by atoms with Crippen molar-refractivity contribution in [1.29, 1.82) is 0 Å². The zero-order valence-electron chi connectivity index (χ0n) is 10.8. The predicted molar refractivity (Wildman–Crippen MR) is 63.3 cm³/mol. The number of rotatable bonds is 5. The van der Waals surface area contributed by atoms with Gasteiger partial charge in [-0.1, -0.05) is 41.5 Å². The quantitative estimate of drug-likeness (QED) is 0.714. The molecule has 0 saturated heterocycles. The Bertz CT molecular complexity index is 144. The van der Waals surface area contributed by atoms with Crippen molar-refractivity contribution in [2.45, 2.75) is 66.9 Å². The molecule has 0 aromatic rings. The van der Waals surface area contributed by atoms with Gasteiger partial charge in [0.15, 0.2) is 0 Å². The summed E-state index contributed by atoms with van der Waals surface area (Å²) < 4.78 is 0. The minimum atomic E-state index is -0.122. The highest BCUT2D eigenvalue weighted by atomic mass is 16.3. The number of hydrogen-bond acceptors (Lipinski definition) is 1. The van der Waals surface area contributed by atoms with E-state index in [9.17, 15) is 5.11 Å². The molecule has 0 aliphatic rings. The van der Waals surface area contributed by atoms with Crippen molar-refractivity contribution < 1.29 is 5.11 Å². The fraction of sp³-hybridized carbons (Fsp3) is 1.00. The van der Waals surface area contributed by atoms with Gasteiger partial charge in [-0.05, 0) is 36.5 Å². The van der Waals surface area contributed by atoms with Crippen molar-refractivity contribution in [3.63, 3.8) is 0 Å². The van der Waals surface area contributed by atoms with Gasteiger partial charge in [-0.15, -0.1) is 0 Å². The van der Waals surface area contributed by atoms with Gasteiger partial charge in [-0.2, -0.15) is 0 Å². The van der Waals surface area contributed by atoms with E-state index in [-0.39, 0.29) is 11.5 Å². The molecule has 0 bridgehead atoms. The third-order valence-electron chi connectivity index (χ3n) is 2.40. The van der Waals surface area contributed by atoms with Crippen molar-refractivity contribution >= 4 is 0 Å². The molecule has 14 heavy (non-hydrogen) atoms. The van der Waals surface area contributed by atoms with Crippen LogP contribution in [0, 0.1) is 17.3 Å². The van der Waals surface area contributed by atoms with Crippen LogP contribution < -0.4 is 0 Å². The van der Waals surface area contributed by atoms with Gasteiger partial charge in [0.25, 0.3) is 0 Å². The maximum Gasteiger partial charge on any atom is 0.0547 e. The summed E-state index contributed by atoms with van der Waals surface area (Å²) in [5, 5.41) is 9.87. The van der Waals surface area contributed by atoms with Crippen molar-refractivity contribution in [1.82, 2.24) is 0 Å². The highest BCUT2D eigenvalue weighted by molar-refractivity contribution is 4.70. The van der Waals surface area contributed by atoms with Crippen LogP contribution in [0.4, 0.5) is 0 Å². The van der Waals surface area contributed by atoms with Crippen LogP contribution in [0.25, 0.3) is 0 Å². The standard InChI is InChI=1S/C13H28O/c1-10(2)7-11(3)8-12(14)9-13(4,5)6/h10-12,14H,7-9H2,1-6H3. The molecule has 0 rings (SSSR count). The summed E-state index contributed by atoms with van der Waals surface area (Å²) in [4.78, 5) is 0. The topological polar surface area (TPSA) is 20.2 Å². The molecule has 1 nitrogen and oxygen atoms in total. The molecule has 0 aliphatic heterocycles. The third kappa shape index (κ3) is 8.55. The van der Waals surface area contributed by atoms with Gasteiger partial charge in [-0.25, -0.2) is 0 Å². The Balaban J connectivity index is 3.76. The van der Waals surface area contributed by atoms with Crippen molar-refractivity contribution in [3.05, 3.63) is 0 Å². The van der Waals surface area contributed by atoms with Crippen LogP contribution in [-0.4, -0.2) is 11.2 Å². The highest BCUT2D eigenvalue weighted by Gasteiger charge is 2.18. The van der Waals surface area contributed by atoms with Gasteiger partial charge in [0, 0.05) is 0 Å². The summed E-state index contributed by atoms with van der Waals surface area (Å²) in [5.74, 6) is 1.39. The molecule has 0 aromatic carbocycles. The monoisotopic (exact) mass is 200 g/mol. The van der Waals surface area contributed by atoms with E-state index >= 15 is 0 Å². The van der Waals surface area contributed by atoms with Crippen LogP contribution in [0.3, 0.4) is 0 Å². The predicted octanol–water partition coefficient (Wildman–Crippen LogP) is 3.86. The summed E-state index contributed by atoms with van der Waals surface area (Å²) in [6.45, 7) is 13.3. The van der Waals surface area contributed by atoms with E-state index in [1.165, 1.54) is 6.42 Å². The molecule has 2 unspecified atom stereocenters. The first-order valence-corrected chi connectivity index (χ1v) is 5.89. The first-order chi connectivity index (χ1) is 6.20. The Kier molecular flexibility index (Phi) is 5.73. The minimum absolute atomic E-state index is 0.122. The average molecular weight is 200 g/mol. The molecule has 0 saturated carbocycles. The van der Waals surface area contributed by atoms with Gasteiger partial charge in [-0.3, -0.25) is 0 Å². The maximum absolute atomic E-state index is 9.87. The first-order valence-electron chi connectivity index (χ1n) is 5.89. The molecule has 1 heteroatoms. The average Bonchev–Trinajstić information content (AvgIpc) is 1.77. The lowest BCUT2D eigenvalue weighted by Gasteiger charge is -2.24. The van der Waals surface area contributed by atoms with Crippen molar-refractivity contribution in [3.8, 4) is 0 Å². The van der Waals surface area contributed by atoms with Crippen LogP contribution in [0.1, 0.15) is 60.8 Å². The maximum atomic E-state index is 9.87. The van der Waals surface area contributed by atoms with E-state index < -0.39 is 0 Å². The summed E-state index contributed by atoms with van der Waals surface area (Å²) >= 11 is 0. The molecule has 0 heterocycles. The normalized spacial score (nSPS) is 17.1. The zero-order valence-corrected chi connectivity index (χ0v) is 10.8. The highest BCUT2D eigenvalue weighted by Crippen LogP contribution is 2.25. The molecular weight excluding hydrogens is 172 g/mol. The van der Waals surface area contributed by atoms with E-state index in [1.807, 2.05) is 0 Å². The van der Waals surface area contributed by atoms with E-state index in [0.717, 1.165) is 18.8 Å². The Morgan fingerprint density at radius 3 is 1.86 bits per heavy atom. The van der Waals surface area contributed by atoms with Gasteiger partial charge in [0.2, 0.25) is 0 Å². The second kappa shape index (κ2) is 5.75. The largest absolute Gasteiger partial charge is 0.393 e. The molecule has 0 amide bonds. The van der Waals surface area contributed by atoms with Crippen molar-refractivity contribution in [2.75, 3.05) is 0 Å². The van der Waals surface area contributed by atoms with Crippen LogP contribution in [0.15, 0.2) is 0 Å². The van der Waals surface area contributed by atoms with Gasteiger partial charge in [0.1, 0.15) is 0 Å². The van der Waals surface area contributed by atoms with Crippen LogP contribution in [-0.2, 0) is 0 Å². The molecule has 0 spiro atoms. The fourth-order valence-electron chi connectivity index (χ4n) is 2.16. The van der Waals surface area contributed by atoms with Crippen LogP contribution in [0.2, 0.25) is 0 Å². The van der Waals surface area contributed by atoms with Gasteiger partial charge < -0.3 is 5.11 Å². The van der Waals surface area contributed by atoms with Gasteiger partial charge in [0.05, 0.1) is 6.10 Å². The molecule has 0 radical (unpaired) electrons. The summed E-state index contributed by atoms with van der Waals surface area (Å²) in [6, 6.07) is 0. The summed E-state index contributed by atoms with van der Waals surface area (Å²) in [5.41, 5.74) is 0.247. The molecule has 0 aromatic heterocycles. The van der Waals surface area contributed by atoms with Crippen molar-refractivity contribution in [2.24, 2.45) is 17.3 Å². The first kappa shape index (κ1) is 14.0. The number of aliphatic hydroxyl groups excluding tert-OH is 1. The molecule has 0 fully saturated rings. The lowest BCUT2D eigenvalue weighted by atomic mass is 9.85.